The molecule has 0 saturated carbocycles. The first-order valence-corrected chi connectivity index (χ1v) is 9.06. The predicted molar refractivity (Wildman–Crippen MR) is 106 cm³/mol. The monoisotopic (exact) mass is 356 g/mol. The molecule has 5 nitrogen and oxygen atoms in total. The van der Waals surface area contributed by atoms with E-state index in [1.165, 1.54) is 0 Å². The van der Waals surface area contributed by atoms with E-state index in [1.807, 2.05) is 55.5 Å². The topological polar surface area (TPSA) is 59.6 Å². The molecule has 0 unspecified atom stereocenters. The van der Waals surface area contributed by atoms with Crippen molar-refractivity contribution in [2.24, 2.45) is 5.92 Å². The summed E-state index contributed by atoms with van der Waals surface area (Å²) in [5, 5.41) is 5.98. The lowest BCUT2D eigenvalue weighted by Gasteiger charge is -2.11. The molecule has 26 heavy (non-hydrogen) atoms. The van der Waals surface area contributed by atoms with E-state index in [0.717, 1.165) is 29.3 Å². The molecular weight excluding hydrogens is 328 g/mol. The summed E-state index contributed by atoms with van der Waals surface area (Å²) >= 11 is 0. The highest BCUT2D eigenvalue weighted by atomic mass is 16.5. The molecule has 0 aromatic heterocycles. The number of ether oxygens (including phenoxy) is 2. The zero-order chi connectivity index (χ0) is 18.8. The summed E-state index contributed by atoms with van der Waals surface area (Å²) in [7, 11) is 0. The molecule has 1 amide bonds. The quantitative estimate of drug-likeness (QED) is 0.655. The standard InChI is InChI=1S/C21H28N2O3/c1-4-25-19-9-5-7-17(13-19)22-15-21(24)23-18-8-6-10-20(14-18)26-12-11-16(2)3/h5-10,13-14,16,22H,4,11-12,15H2,1-3H3,(H,23,24). The van der Waals surface area contributed by atoms with Crippen LogP contribution in [0.3, 0.4) is 0 Å². The molecule has 0 bridgehead atoms. The summed E-state index contributed by atoms with van der Waals surface area (Å²) in [5.41, 5.74) is 1.57. The van der Waals surface area contributed by atoms with Gasteiger partial charge in [0.1, 0.15) is 11.5 Å². The van der Waals surface area contributed by atoms with Gasteiger partial charge in [-0.25, -0.2) is 0 Å². The highest BCUT2D eigenvalue weighted by molar-refractivity contribution is 5.93. The molecule has 140 valence electrons. The first-order chi connectivity index (χ1) is 12.6. The van der Waals surface area contributed by atoms with Crippen molar-refractivity contribution >= 4 is 17.3 Å². The molecular formula is C21H28N2O3. The van der Waals surface area contributed by atoms with E-state index in [2.05, 4.69) is 24.5 Å². The van der Waals surface area contributed by atoms with Crippen LogP contribution in [0.5, 0.6) is 11.5 Å². The Morgan fingerprint density at radius 1 is 1.00 bits per heavy atom. The Kier molecular flexibility index (Phi) is 7.80. The van der Waals surface area contributed by atoms with E-state index in [9.17, 15) is 4.79 Å². The summed E-state index contributed by atoms with van der Waals surface area (Å²) in [5.74, 6) is 2.03. The van der Waals surface area contributed by atoms with Crippen LogP contribution in [0.25, 0.3) is 0 Å². The second kappa shape index (κ2) is 10.3. The van der Waals surface area contributed by atoms with E-state index in [0.29, 0.717) is 19.1 Å². The van der Waals surface area contributed by atoms with Crippen LogP contribution in [0.4, 0.5) is 11.4 Å². The van der Waals surface area contributed by atoms with Crippen LogP contribution in [-0.4, -0.2) is 25.7 Å². The molecule has 0 spiro atoms. The van der Waals surface area contributed by atoms with Gasteiger partial charge in [-0.05, 0) is 43.5 Å². The molecule has 2 rings (SSSR count). The highest BCUT2D eigenvalue weighted by Gasteiger charge is 2.05. The van der Waals surface area contributed by atoms with Gasteiger partial charge in [-0.2, -0.15) is 0 Å². The number of hydrogen-bond acceptors (Lipinski definition) is 4. The number of benzene rings is 2. The van der Waals surface area contributed by atoms with Gasteiger partial charge in [-0.15, -0.1) is 0 Å². The van der Waals surface area contributed by atoms with Crippen molar-refractivity contribution in [3.8, 4) is 11.5 Å². The molecule has 0 radical (unpaired) electrons. The maximum Gasteiger partial charge on any atom is 0.243 e. The fourth-order valence-electron chi connectivity index (χ4n) is 2.33. The Hall–Kier alpha value is -2.69. The molecule has 0 saturated heterocycles. The van der Waals surface area contributed by atoms with Gasteiger partial charge >= 0.3 is 0 Å². The van der Waals surface area contributed by atoms with Gasteiger partial charge in [0.25, 0.3) is 0 Å². The average molecular weight is 356 g/mol. The molecule has 0 fully saturated rings. The fourth-order valence-corrected chi connectivity index (χ4v) is 2.33. The second-order valence-electron chi connectivity index (χ2n) is 6.42. The van der Waals surface area contributed by atoms with Gasteiger partial charge < -0.3 is 20.1 Å². The second-order valence-corrected chi connectivity index (χ2v) is 6.42. The van der Waals surface area contributed by atoms with Gasteiger partial charge in [0.05, 0.1) is 19.8 Å². The number of rotatable bonds is 10. The normalized spacial score (nSPS) is 10.5. The van der Waals surface area contributed by atoms with E-state index in [4.69, 9.17) is 9.47 Å². The van der Waals surface area contributed by atoms with E-state index < -0.39 is 0 Å². The van der Waals surface area contributed by atoms with Gasteiger partial charge in [-0.1, -0.05) is 26.0 Å². The van der Waals surface area contributed by atoms with E-state index in [1.54, 1.807) is 0 Å². The molecule has 2 aromatic rings. The lowest BCUT2D eigenvalue weighted by Crippen LogP contribution is -2.21. The number of anilines is 2. The van der Waals surface area contributed by atoms with Crippen molar-refractivity contribution in [2.45, 2.75) is 27.2 Å². The van der Waals surface area contributed by atoms with Crippen LogP contribution in [0.15, 0.2) is 48.5 Å². The number of amides is 1. The van der Waals surface area contributed by atoms with Gasteiger partial charge in [0.15, 0.2) is 0 Å². The van der Waals surface area contributed by atoms with Crippen LogP contribution >= 0.6 is 0 Å². The molecule has 0 aliphatic heterocycles. The minimum atomic E-state index is -0.119. The van der Waals surface area contributed by atoms with Crippen LogP contribution in [-0.2, 0) is 4.79 Å². The SMILES string of the molecule is CCOc1cccc(NCC(=O)Nc2cccc(OCCC(C)C)c2)c1. The van der Waals surface area contributed by atoms with Crippen LogP contribution in [0.2, 0.25) is 0 Å². The minimum Gasteiger partial charge on any atom is -0.494 e. The van der Waals surface area contributed by atoms with Crippen LogP contribution in [0.1, 0.15) is 27.2 Å². The summed E-state index contributed by atoms with van der Waals surface area (Å²) in [6, 6.07) is 15.0. The summed E-state index contributed by atoms with van der Waals surface area (Å²) in [4.78, 5) is 12.2. The summed E-state index contributed by atoms with van der Waals surface area (Å²) in [6.45, 7) is 7.72. The van der Waals surface area contributed by atoms with Gasteiger partial charge in [-0.3, -0.25) is 4.79 Å². The Labute approximate surface area is 155 Å². The number of hydrogen-bond donors (Lipinski definition) is 2. The van der Waals surface area contributed by atoms with Crippen LogP contribution < -0.4 is 20.1 Å². The minimum absolute atomic E-state index is 0.119. The molecule has 5 heteroatoms. The first kappa shape index (κ1) is 19.6. The lowest BCUT2D eigenvalue weighted by molar-refractivity contribution is -0.114. The third kappa shape index (κ3) is 7.05. The van der Waals surface area contributed by atoms with E-state index in [-0.39, 0.29) is 12.5 Å². The van der Waals surface area contributed by atoms with Gasteiger partial charge in [0, 0.05) is 23.5 Å². The molecule has 2 N–H and O–H groups in total. The van der Waals surface area contributed by atoms with Crippen LogP contribution in [0, 0.1) is 5.92 Å². The lowest BCUT2D eigenvalue weighted by atomic mass is 10.1. The zero-order valence-electron chi connectivity index (χ0n) is 15.7. The molecule has 2 aromatic carbocycles. The van der Waals surface area contributed by atoms with Crippen molar-refractivity contribution in [2.75, 3.05) is 30.4 Å². The average Bonchev–Trinajstić information content (AvgIpc) is 2.61. The fraction of sp³-hybridized carbons (Fsp3) is 0.381. The van der Waals surface area contributed by atoms with Crippen molar-refractivity contribution in [3.63, 3.8) is 0 Å². The Morgan fingerprint density at radius 2 is 1.65 bits per heavy atom. The van der Waals surface area contributed by atoms with Crippen molar-refractivity contribution in [1.29, 1.82) is 0 Å². The van der Waals surface area contributed by atoms with Crippen molar-refractivity contribution in [3.05, 3.63) is 48.5 Å². The largest absolute Gasteiger partial charge is 0.494 e. The summed E-state index contributed by atoms with van der Waals surface area (Å²) in [6.07, 6.45) is 1.00. The maximum absolute atomic E-state index is 12.2. The third-order valence-electron chi connectivity index (χ3n) is 3.68. The highest BCUT2D eigenvalue weighted by Crippen LogP contribution is 2.19. The molecule has 0 aliphatic carbocycles. The maximum atomic E-state index is 12.2. The number of nitrogens with one attached hydrogen (secondary N) is 2. The molecule has 0 atom stereocenters. The third-order valence-corrected chi connectivity index (χ3v) is 3.68. The summed E-state index contributed by atoms with van der Waals surface area (Å²) < 4.78 is 11.2. The van der Waals surface area contributed by atoms with Crippen molar-refractivity contribution in [1.82, 2.24) is 0 Å². The Bertz CT molecular complexity index is 701. The molecule has 0 aliphatic rings. The van der Waals surface area contributed by atoms with Crippen molar-refractivity contribution < 1.29 is 14.3 Å². The van der Waals surface area contributed by atoms with Gasteiger partial charge in [0.2, 0.25) is 5.91 Å². The van der Waals surface area contributed by atoms with E-state index >= 15 is 0 Å². The molecule has 0 heterocycles. The Morgan fingerprint density at radius 3 is 2.35 bits per heavy atom. The smallest absolute Gasteiger partial charge is 0.243 e. The first-order valence-electron chi connectivity index (χ1n) is 9.06. The Balaban J connectivity index is 1.83. The number of carbonyl (C=O) groups excluding carboxylic acids is 1. The predicted octanol–water partition coefficient (Wildman–Crippen LogP) is 4.56. The zero-order valence-corrected chi connectivity index (χ0v) is 15.7. The number of carbonyl (C=O) groups is 1.